The molecule has 1 fully saturated rings. The topological polar surface area (TPSA) is 63.6 Å². The highest BCUT2D eigenvalue weighted by atomic mass is 16.5. The van der Waals surface area contributed by atoms with Crippen molar-refractivity contribution in [1.82, 2.24) is 0 Å². The van der Waals surface area contributed by atoms with Crippen LogP contribution in [0.4, 0.5) is 0 Å². The molecule has 0 radical (unpaired) electrons. The van der Waals surface area contributed by atoms with E-state index in [9.17, 15) is 9.59 Å². The van der Waals surface area contributed by atoms with Crippen molar-refractivity contribution in [2.45, 2.75) is 18.9 Å². The Morgan fingerprint density at radius 2 is 2.20 bits per heavy atom. The van der Waals surface area contributed by atoms with Crippen LogP contribution < -0.4 is 4.74 Å². The van der Waals surface area contributed by atoms with E-state index in [2.05, 4.69) is 0 Å². The number of carbonyl (C=O) groups is 2. The Kier molecular flexibility index (Phi) is 2.41. The van der Waals surface area contributed by atoms with Crippen molar-refractivity contribution in [2.75, 3.05) is 0 Å². The van der Waals surface area contributed by atoms with E-state index in [1.807, 2.05) is 0 Å². The number of ether oxygens (including phenoxy) is 1. The lowest BCUT2D eigenvalue weighted by atomic mass is 10.1. The van der Waals surface area contributed by atoms with E-state index in [1.165, 1.54) is 12.1 Å². The molecule has 1 aliphatic carbocycles. The van der Waals surface area contributed by atoms with Crippen LogP contribution in [-0.2, 0) is 0 Å². The van der Waals surface area contributed by atoms with Crippen LogP contribution >= 0.6 is 0 Å². The molecule has 1 aromatic carbocycles. The third-order valence-electron chi connectivity index (χ3n) is 2.21. The standard InChI is InChI=1S/C11H10O4/c12-6-7-2-1-3-9(11(13)14)10(7)15-8-4-5-8/h1-3,6,8H,4-5H2,(H,13,14). The third-order valence-corrected chi connectivity index (χ3v) is 2.21. The second-order valence-corrected chi connectivity index (χ2v) is 3.46. The first kappa shape index (κ1) is 9.71. The van der Waals surface area contributed by atoms with E-state index in [1.54, 1.807) is 6.07 Å². The summed E-state index contributed by atoms with van der Waals surface area (Å²) in [6, 6.07) is 4.52. The van der Waals surface area contributed by atoms with Gasteiger partial charge in [-0.1, -0.05) is 6.07 Å². The van der Waals surface area contributed by atoms with Crippen molar-refractivity contribution in [1.29, 1.82) is 0 Å². The number of carboxylic acids is 1. The Bertz CT molecular complexity index is 407. The van der Waals surface area contributed by atoms with Gasteiger partial charge < -0.3 is 9.84 Å². The number of rotatable bonds is 4. The summed E-state index contributed by atoms with van der Waals surface area (Å²) in [7, 11) is 0. The van der Waals surface area contributed by atoms with Gasteiger partial charge in [-0.25, -0.2) is 4.79 Å². The first-order valence-corrected chi connectivity index (χ1v) is 4.70. The molecule has 2 rings (SSSR count). The molecule has 0 aliphatic heterocycles. The fraction of sp³-hybridized carbons (Fsp3) is 0.273. The molecule has 1 N–H and O–H groups in total. The van der Waals surface area contributed by atoms with E-state index in [0.29, 0.717) is 11.8 Å². The van der Waals surface area contributed by atoms with Crippen LogP contribution in [0.25, 0.3) is 0 Å². The van der Waals surface area contributed by atoms with Crippen LogP contribution in [0.1, 0.15) is 33.6 Å². The lowest BCUT2D eigenvalue weighted by Crippen LogP contribution is -2.07. The van der Waals surface area contributed by atoms with E-state index < -0.39 is 5.97 Å². The SMILES string of the molecule is O=Cc1cccc(C(=O)O)c1OC1CC1. The summed E-state index contributed by atoms with van der Waals surface area (Å²) in [5, 5.41) is 8.92. The maximum Gasteiger partial charge on any atom is 0.339 e. The summed E-state index contributed by atoms with van der Waals surface area (Å²) >= 11 is 0. The van der Waals surface area contributed by atoms with Gasteiger partial charge in [0.1, 0.15) is 11.3 Å². The summed E-state index contributed by atoms with van der Waals surface area (Å²) in [6.07, 6.45) is 2.53. The molecule has 15 heavy (non-hydrogen) atoms. The highest BCUT2D eigenvalue weighted by Gasteiger charge is 2.27. The lowest BCUT2D eigenvalue weighted by molar-refractivity contribution is 0.0692. The van der Waals surface area contributed by atoms with Crippen LogP contribution in [0.3, 0.4) is 0 Å². The van der Waals surface area contributed by atoms with Gasteiger partial charge in [-0.2, -0.15) is 0 Å². The molecule has 1 aromatic rings. The van der Waals surface area contributed by atoms with E-state index in [-0.39, 0.29) is 17.4 Å². The van der Waals surface area contributed by atoms with Crippen LogP contribution in [-0.4, -0.2) is 23.5 Å². The summed E-state index contributed by atoms with van der Waals surface area (Å²) < 4.78 is 5.43. The number of carboxylic acid groups (broad SMARTS) is 1. The van der Waals surface area contributed by atoms with Crippen molar-refractivity contribution in [3.63, 3.8) is 0 Å². The maximum absolute atomic E-state index is 10.9. The van der Waals surface area contributed by atoms with Crippen LogP contribution in [0.5, 0.6) is 5.75 Å². The summed E-state index contributed by atoms with van der Waals surface area (Å²) in [4.78, 5) is 21.6. The fourth-order valence-corrected chi connectivity index (χ4v) is 1.30. The molecular formula is C11H10O4. The smallest absolute Gasteiger partial charge is 0.339 e. The number of hydrogen-bond acceptors (Lipinski definition) is 3. The number of para-hydroxylation sites is 1. The minimum Gasteiger partial charge on any atom is -0.489 e. The maximum atomic E-state index is 10.9. The quantitative estimate of drug-likeness (QED) is 0.762. The predicted octanol–water partition coefficient (Wildman–Crippen LogP) is 1.74. The van der Waals surface area contributed by atoms with Gasteiger partial charge in [-0.15, -0.1) is 0 Å². The van der Waals surface area contributed by atoms with E-state index in [0.717, 1.165) is 12.8 Å². The van der Waals surface area contributed by atoms with Gasteiger partial charge >= 0.3 is 5.97 Å². The largest absolute Gasteiger partial charge is 0.489 e. The molecule has 0 saturated heterocycles. The van der Waals surface area contributed by atoms with Gasteiger partial charge in [0.05, 0.1) is 11.7 Å². The Morgan fingerprint density at radius 1 is 1.47 bits per heavy atom. The molecule has 4 nitrogen and oxygen atoms in total. The minimum atomic E-state index is -1.07. The molecular weight excluding hydrogens is 196 g/mol. The number of benzene rings is 1. The number of aromatic carboxylic acids is 1. The Morgan fingerprint density at radius 3 is 2.73 bits per heavy atom. The number of aldehydes is 1. The number of carbonyl (C=O) groups excluding carboxylic acids is 1. The molecule has 0 atom stereocenters. The molecule has 0 unspecified atom stereocenters. The van der Waals surface area contributed by atoms with E-state index >= 15 is 0 Å². The molecule has 1 saturated carbocycles. The molecule has 78 valence electrons. The normalized spacial score (nSPS) is 14.7. The first-order valence-electron chi connectivity index (χ1n) is 4.70. The van der Waals surface area contributed by atoms with Crippen molar-refractivity contribution >= 4 is 12.3 Å². The van der Waals surface area contributed by atoms with Crippen LogP contribution in [0.2, 0.25) is 0 Å². The molecule has 0 heterocycles. The molecule has 0 bridgehead atoms. The van der Waals surface area contributed by atoms with Crippen molar-refractivity contribution in [3.8, 4) is 5.75 Å². The minimum absolute atomic E-state index is 0.0477. The molecule has 1 aliphatic rings. The zero-order valence-electron chi connectivity index (χ0n) is 7.97. The zero-order valence-corrected chi connectivity index (χ0v) is 7.97. The van der Waals surface area contributed by atoms with Gasteiger partial charge in [-0.3, -0.25) is 4.79 Å². The van der Waals surface area contributed by atoms with Gasteiger partial charge in [0, 0.05) is 0 Å². The zero-order chi connectivity index (χ0) is 10.8. The average Bonchev–Trinajstić information content (AvgIpc) is 3.01. The van der Waals surface area contributed by atoms with Crippen molar-refractivity contribution in [3.05, 3.63) is 29.3 Å². The lowest BCUT2D eigenvalue weighted by Gasteiger charge is -2.09. The molecule has 0 amide bonds. The van der Waals surface area contributed by atoms with Gasteiger partial charge in [0.2, 0.25) is 0 Å². The second kappa shape index (κ2) is 3.73. The first-order chi connectivity index (χ1) is 7.22. The molecule has 0 aromatic heterocycles. The van der Waals surface area contributed by atoms with Gasteiger partial charge in [-0.05, 0) is 25.0 Å². The Balaban J connectivity index is 2.42. The summed E-state index contributed by atoms with van der Waals surface area (Å²) in [5.41, 5.74) is 0.341. The fourth-order valence-electron chi connectivity index (χ4n) is 1.30. The third kappa shape index (κ3) is 1.98. The highest BCUT2D eigenvalue weighted by molar-refractivity contribution is 5.95. The van der Waals surface area contributed by atoms with Crippen molar-refractivity contribution < 1.29 is 19.4 Å². The summed E-state index contributed by atoms with van der Waals surface area (Å²) in [5.74, 6) is -0.878. The summed E-state index contributed by atoms with van der Waals surface area (Å²) in [6.45, 7) is 0. The second-order valence-electron chi connectivity index (χ2n) is 3.46. The van der Waals surface area contributed by atoms with Crippen LogP contribution in [0, 0.1) is 0 Å². The number of hydrogen-bond donors (Lipinski definition) is 1. The van der Waals surface area contributed by atoms with Crippen LogP contribution in [0.15, 0.2) is 18.2 Å². The molecule has 4 heteroatoms. The molecule has 0 spiro atoms. The van der Waals surface area contributed by atoms with Crippen molar-refractivity contribution in [2.24, 2.45) is 0 Å². The average molecular weight is 206 g/mol. The Labute approximate surface area is 86.5 Å². The van der Waals surface area contributed by atoms with E-state index in [4.69, 9.17) is 9.84 Å². The highest BCUT2D eigenvalue weighted by Crippen LogP contribution is 2.31. The predicted molar refractivity (Wildman–Crippen MR) is 52.4 cm³/mol. The van der Waals surface area contributed by atoms with Gasteiger partial charge in [0.15, 0.2) is 6.29 Å². The Hall–Kier alpha value is -1.84. The van der Waals surface area contributed by atoms with Gasteiger partial charge in [0.25, 0.3) is 0 Å². The monoisotopic (exact) mass is 206 g/mol.